The van der Waals surface area contributed by atoms with Crippen LogP contribution in [-0.2, 0) is 11.2 Å². The van der Waals surface area contributed by atoms with E-state index in [2.05, 4.69) is 45.1 Å². The summed E-state index contributed by atoms with van der Waals surface area (Å²) in [6, 6.07) is 5.07. The predicted molar refractivity (Wildman–Crippen MR) is 78.3 cm³/mol. The molecule has 1 aromatic rings. The number of rotatable bonds is 7. The van der Waals surface area contributed by atoms with Gasteiger partial charge < -0.3 is 10.1 Å². The lowest BCUT2D eigenvalue weighted by molar-refractivity contribution is 0.182. The standard InChI is InChI=1S/C16H27NO/c1-6-17-15(7-8-18-5)11-16-13(3)9-12(2)10-14(16)4/h9-10,15,17H,6-8,11H2,1-5H3. The average Bonchev–Trinajstić information content (AvgIpc) is 2.30. The fourth-order valence-corrected chi connectivity index (χ4v) is 2.60. The SMILES string of the molecule is CCNC(CCOC)Cc1c(C)cc(C)cc1C. The summed E-state index contributed by atoms with van der Waals surface area (Å²) in [5.74, 6) is 0. The fraction of sp³-hybridized carbons (Fsp3) is 0.625. The molecule has 0 heterocycles. The van der Waals surface area contributed by atoms with Crippen molar-refractivity contribution in [2.45, 2.75) is 46.6 Å². The number of hydrogen-bond donors (Lipinski definition) is 1. The van der Waals surface area contributed by atoms with E-state index in [1.54, 1.807) is 7.11 Å². The third-order valence-electron chi connectivity index (χ3n) is 3.45. The van der Waals surface area contributed by atoms with Gasteiger partial charge in [-0.1, -0.05) is 24.6 Å². The van der Waals surface area contributed by atoms with Crippen LogP contribution in [0, 0.1) is 20.8 Å². The zero-order chi connectivity index (χ0) is 13.5. The highest BCUT2D eigenvalue weighted by Gasteiger charge is 2.12. The van der Waals surface area contributed by atoms with Gasteiger partial charge in [-0.05, 0) is 56.8 Å². The first-order valence-corrected chi connectivity index (χ1v) is 6.87. The smallest absolute Gasteiger partial charge is 0.0477 e. The topological polar surface area (TPSA) is 21.3 Å². The molecule has 0 bridgehead atoms. The molecule has 0 spiro atoms. The minimum Gasteiger partial charge on any atom is -0.385 e. The number of hydrogen-bond acceptors (Lipinski definition) is 2. The molecule has 0 aliphatic rings. The summed E-state index contributed by atoms with van der Waals surface area (Å²) in [5.41, 5.74) is 5.66. The largest absolute Gasteiger partial charge is 0.385 e. The molecule has 0 aliphatic heterocycles. The third kappa shape index (κ3) is 4.43. The van der Waals surface area contributed by atoms with Crippen molar-refractivity contribution in [1.29, 1.82) is 0 Å². The number of ether oxygens (including phenoxy) is 1. The van der Waals surface area contributed by atoms with Gasteiger partial charge in [0.2, 0.25) is 0 Å². The van der Waals surface area contributed by atoms with Crippen molar-refractivity contribution < 1.29 is 4.74 Å². The van der Waals surface area contributed by atoms with Crippen molar-refractivity contribution in [3.63, 3.8) is 0 Å². The maximum atomic E-state index is 5.20. The van der Waals surface area contributed by atoms with Crippen molar-refractivity contribution in [1.82, 2.24) is 5.32 Å². The van der Waals surface area contributed by atoms with Crippen LogP contribution in [0.3, 0.4) is 0 Å². The van der Waals surface area contributed by atoms with Gasteiger partial charge in [0.05, 0.1) is 0 Å². The highest BCUT2D eigenvalue weighted by Crippen LogP contribution is 2.19. The van der Waals surface area contributed by atoms with Crippen molar-refractivity contribution >= 4 is 0 Å². The third-order valence-corrected chi connectivity index (χ3v) is 3.45. The van der Waals surface area contributed by atoms with E-state index in [0.29, 0.717) is 6.04 Å². The van der Waals surface area contributed by atoms with E-state index in [4.69, 9.17) is 4.74 Å². The Morgan fingerprint density at radius 3 is 2.28 bits per heavy atom. The molecule has 0 fully saturated rings. The molecule has 1 rings (SSSR count). The lowest BCUT2D eigenvalue weighted by Gasteiger charge is -2.20. The molecule has 0 aliphatic carbocycles. The maximum absolute atomic E-state index is 5.20. The Morgan fingerprint density at radius 2 is 1.78 bits per heavy atom. The van der Waals surface area contributed by atoms with Crippen LogP contribution in [0.4, 0.5) is 0 Å². The Kier molecular flexibility index (Phi) is 6.37. The van der Waals surface area contributed by atoms with Gasteiger partial charge >= 0.3 is 0 Å². The molecule has 1 N–H and O–H groups in total. The van der Waals surface area contributed by atoms with Crippen LogP contribution < -0.4 is 5.32 Å². The number of likely N-dealkylation sites (N-methyl/N-ethyl adjacent to an activating group) is 1. The maximum Gasteiger partial charge on any atom is 0.0477 e. The lowest BCUT2D eigenvalue weighted by Crippen LogP contribution is -2.32. The Labute approximate surface area is 112 Å². The Balaban J connectivity index is 2.79. The number of benzene rings is 1. The fourth-order valence-electron chi connectivity index (χ4n) is 2.60. The number of nitrogens with one attached hydrogen (secondary N) is 1. The molecule has 1 aromatic carbocycles. The summed E-state index contributed by atoms with van der Waals surface area (Å²) < 4.78 is 5.20. The van der Waals surface area contributed by atoms with E-state index in [1.165, 1.54) is 22.3 Å². The summed E-state index contributed by atoms with van der Waals surface area (Å²) >= 11 is 0. The van der Waals surface area contributed by atoms with Crippen molar-refractivity contribution in [2.75, 3.05) is 20.3 Å². The molecule has 102 valence electrons. The zero-order valence-electron chi connectivity index (χ0n) is 12.5. The Bertz CT molecular complexity index is 350. The second kappa shape index (κ2) is 7.55. The molecule has 18 heavy (non-hydrogen) atoms. The van der Waals surface area contributed by atoms with E-state index in [0.717, 1.165) is 26.0 Å². The molecule has 2 heteroatoms. The molecule has 0 saturated carbocycles. The highest BCUT2D eigenvalue weighted by atomic mass is 16.5. The quantitative estimate of drug-likeness (QED) is 0.801. The summed E-state index contributed by atoms with van der Waals surface area (Å²) in [6.45, 7) is 10.6. The van der Waals surface area contributed by atoms with Gasteiger partial charge in [-0.15, -0.1) is 0 Å². The van der Waals surface area contributed by atoms with Crippen LogP contribution in [0.1, 0.15) is 35.6 Å². The Hall–Kier alpha value is -0.860. The summed E-state index contributed by atoms with van der Waals surface area (Å²) in [5, 5.41) is 3.55. The van der Waals surface area contributed by atoms with Gasteiger partial charge in [0.15, 0.2) is 0 Å². The number of aryl methyl sites for hydroxylation is 3. The van der Waals surface area contributed by atoms with Gasteiger partial charge in [-0.2, -0.15) is 0 Å². The minimum atomic E-state index is 0.509. The molecule has 1 atom stereocenters. The molecule has 1 unspecified atom stereocenters. The summed E-state index contributed by atoms with van der Waals surface area (Å²) in [7, 11) is 1.77. The van der Waals surface area contributed by atoms with Gasteiger partial charge in [-0.25, -0.2) is 0 Å². The van der Waals surface area contributed by atoms with Crippen LogP contribution in [0.25, 0.3) is 0 Å². The average molecular weight is 249 g/mol. The monoisotopic (exact) mass is 249 g/mol. The van der Waals surface area contributed by atoms with E-state index >= 15 is 0 Å². The second-order valence-corrected chi connectivity index (χ2v) is 5.12. The molecular formula is C16H27NO. The van der Waals surface area contributed by atoms with Crippen molar-refractivity contribution in [3.05, 3.63) is 34.4 Å². The van der Waals surface area contributed by atoms with Crippen LogP contribution in [0.2, 0.25) is 0 Å². The van der Waals surface area contributed by atoms with E-state index < -0.39 is 0 Å². The number of methoxy groups -OCH3 is 1. The summed E-state index contributed by atoms with van der Waals surface area (Å²) in [6.07, 6.45) is 2.16. The van der Waals surface area contributed by atoms with Gasteiger partial charge in [0, 0.05) is 19.8 Å². The Morgan fingerprint density at radius 1 is 1.17 bits per heavy atom. The molecule has 0 saturated heterocycles. The molecule has 2 nitrogen and oxygen atoms in total. The van der Waals surface area contributed by atoms with E-state index in [9.17, 15) is 0 Å². The van der Waals surface area contributed by atoms with E-state index in [-0.39, 0.29) is 0 Å². The van der Waals surface area contributed by atoms with Gasteiger partial charge in [-0.3, -0.25) is 0 Å². The first-order chi connectivity index (χ1) is 8.58. The second-order valence-electron chi connectivity index (χ2n) is 5.12. The van der Waals surface area contributed by atoms with Crippen LogP contribution in [0.5, 0.6) is 0 Å². The highest BCUT2D eigenvalue weighted by molar-refractivity contribution is 5.38. The molecule has 0 amide bonds. The molecular weight excluding hydrogens is 222 g/mol. The van der Waals surface area contributed by atoms with Crippen LogP contribution in [-0.4, -0.2) is 26.3 Å². The zero-order valence-corrected chi connectivity index (χ0v) is 12.5. The van der Waals surface area contributed by atoms with Crippen LogP contribution >= 0.6 is 0 Å². The predicted octanol–water partition coefficient (Wildman–Crippen LogP) is 3.17. The normalized spacial score (nSPS) is 12.7. The minimum absolute atomic E-state index is 0.509. The van der Waals surface area contributed by atoms with Crippen LogP contribution in [0.15, 0.2) is 12.1 Å². The van der Waals surface area contributed by atoms with Crippen molar-refractivity contribution in [3.8, 4) is 0 Å². The van der Waals surface area contributed by atoms with E-state index in [1.807, 2.05) is 0 Å². The molecule has 0 aromatic heterocycles. The van der Waals surface area contributed by atoms with Gasteiger partial charge in [0.1, 0.15) is 0 Å². The first kappa shape index (κ1) is 15.2. The molecule has 0 radical (unpaired) electrons. The lowest BCUT2D eigenvalue weighted by atomic mass is 9.93. The summed E-state index contributed by atoms with van der Waals surface area (Å²) in [4.78, 5) is 0. The first-order valence-electron chi connectivity index (χ1n) is 6.87. The van der Waals surface area contributed by atoms with Gasteiger partial charge in [0.25, 0.3) is 0 Å². The van der Waals surface area contributed by atoms with Crippen molar-refractivity contribution in [2.24, 2.45) is 0 Å².